The van der Waals surface area contributed by atoms with Gasteiger partial charge in [-0.25, -0.2) is 0 Å². The molecule has 0 aliphatic rings. The molecule has 5 nitrogen and oxygen atoms in total. The van der Waals surface area contributed by atoms with Gasteiger partial charge < -0.3 is 19.5 Å². The third-order valence-electron chi connectivity index (χ3n) is 2.76. The average molecular weight is 267 g/mol. The van der Waals surface area contributed by atoms with E-state index in [1.165, 1.54) is 0 Å². The third kappa shape index (κ3) is 4.89. The Morgan fingerprint density at radius 1 is 1.26 bits per heavy atom. The maximum absolute atomic E-state index is 11.9. The van der Waals surface area contributed by atoms with Crippen molar-refractivity contribution in [3.8, 4) is 5.75 Å². The van der Waals surface area contributed by atoms with Gasteiger partial charge in [0.05, 0.1) is 19.6 Å². The van der Waals surface area contributed by atoms with Gasteiger partial charge in [-0.1, -0.05) is 12.1 Å². The second kappa shape index (κ2) is 7.76. The van der Waals surface area contributed by atoms with Crippen LogP contribution in [0.1, 0.15) is 12.5 Å². The molecule has 19 heavy (non-hydrogen) atoms. The van der Waals surface area contributed by atoms with Crippen molar-refractivity contribution in [3.63, 3.8) is 0 Å². The molecule has 0 saturated carbocycles. The summed E-state index contributed by atoms with van der Waals surface area (Å²) in [6.45, 7) is 1.83. The summed E-state index contributed by atoms with van der Waals surface area (Å²) in [7, 11) is 4.68. The van der Waals surface area contributed by atoms with Crippen molar-refractivity contribution >= 4 is 5.91 Å². The maximum atomic E-state index is 11.9. The number of carbonyl (C=O) groups excluding carboxylic acids is 1. The van der Waals surface area contributed by atoms with Crippen molar-refractivity contribution in [2.45, 2.75) is 25.7 Å². The molecule has 0 bridgehead atoms. The molecule has 1 unspecified atom stereocenters. The number of benzene rings is 1. The van der Waals surface area contributed by atoms with Crippen LogP contribution in [0.2, 0.25) is 0 Å². The summed E-state index contributed by atoms with van der Waals surface area (Å²) >= 11 is 0. The van der Waals surface area contributed by atoms with E-state index in [0.29, 0.717) is 6.42 Å². The molecule has 0 radical (unpaired) electrons. The van der Waals surface area contributed by atoms with Gasteiger partial charge in [-0.2, -0.15) is 0 Å². The lowest BCUT2D eigenvalue weighted by atomic mass is 10.1. The predicted molar refractivity (Wildman–Crippen MR) is 72.1 cm³/mol. The van der Waals surface area contributed by atoms with Gasteiger partial charge in [0.2, 0.25) is 5.91 Å². The monoisotopic (exact) mass is 267 g/mol. The molecular weight excluding hydrogens is 246 g/mol. The summed E-state index contributed by atoms with van der Waals surface area (Å²) < 4.78 is 15.3. The molecule has 1 N–H and O–H groups in total. The van der Waals surface area contributed by atoms with E-state index in [1.807, 2.05) is 31.2 Å². The molecule has 1 amide bonds. The number of ether oxygens (including phenoxy) is 3. The zero-order valence-electron chi connectivity index (χ0n) is 11.8. The van der Waals surface area contributed by atoms with Crippen LogP contribution in [0, 0.1) is 0 Å². The zero-order valence-corrected chi connectivity index (χ0v) is 11.8. The Labute approximate surface area is 113 Å². The van der Waals surface area contributed by atoms with E-state index >= 15 is 0 Å². The van der Waals surface area contributed by atoms with Crippen LogP contribution in [0.25, 0.3) is 0 Å². The molecule has 0 spiro atoms. The van der Waals surface area contributed by atoms with Crippen molar-refractivity contribution < 1.29 is 19.0 Å². The van der Waals surface area contributed by atoms with Crippen LogP contribution >= 0.6 is 0 Å². The lowest BCUT2D eigenvalue weighted by Crippen LogP contribution is -2.43. The molecule has 0 aliphatic carbocycles. The first kappa shape index (κ1) is 15.5. The van der Waals surface area contributed by atoms with Gasteiger partial charge in [0.25, 0.3) is 0 Å². The SMILES string of the molecule is COc1cccc(CC(=O)NC(C)C(OC)OC)c1. The van der Waals surface area contributed by atoms with Gasteiger partial charge in [-0.05, 0) is 24.6 Å². The molecule has 0 aromatic heterocycles. The van der Waals surface area contributed by atoms with Crippen LogP contribution in [-0.4, -0.2) is 39.6 Å². The largest absolute Gasteiger partial charge is 0.497 e. The minimum atomic E-state index is -0.450. The van der Waals surface area contributed by atoms with E-state index in [4.69, 9.17) is 14.2 Å². The van der Waals surface area contributed by atoms with Crippen molar-refractivity contribution in [1.29, 1.82) is 0 Å². The summed E-state index contributed by atoms with van der Waals surface area (Å²) in [5, 5.41) is 2.84. The highest BCUT2D eigenvalue weighted by Crippen LogP contribution is 2.13. The van der Waals surface area contributed by atoms with E-state index in [0.717, 1.165) is 11.3 Å². The highest BCUT2D eigenvalue weighted by Gasteiger charge is 2.17. The standard InChI is InChI=1S/C14H21NO4/c1-10(14(18-3)19-4)15-13(16)9-11-6-5-7-12(8-11)17-2/h5-8,10,14H,9H2,1-4H3,(H,15,16). The Morgan fingerprint density at radius 2 is 1.95 bits per heavy atom. The van der Waals surface area contributed by atoms with Gasteiger partial charge >= 0.3 is 0 Å². The van der Waals surface area contributed by atoms with E-state index in [2.05, 4.69) is 5.32 Å². The fourth-order valence-corrected chi connectivity index (χ4v) is 1.85. The molecule has 0 fully saturated rings. The highest BCUT2D eigenvalue weighted by atomic mass is 16.7. The first-order valence-corrected chi connectivity index (χ1v) is 6.08. The number of amides is 1. The first-order chi connectivity index (χ1) is 9.10. The topological polar surface area (TPSA) is 56.8 Å². The van der Waals surface area contributed by atoms with Crippen molar-refractivity contribution in [3.05, 3.63) is 29.8 Å². The lowest BCUT2D eigenvalue weighted by molar-refractivity contribution is -0.135. The minimum Gasteiger partial charge on any atom is -0.497 e. The number of hydrogen-bond acceptors (Lipinski definition) is 4. The fourth-order valence-electron chi connectivity index (χ4n) is 1.85. The zero-order chi connectivity index (χ0) is 14.3. The summed E-state index contributed by atoms with van der Waals surface area (Å²) in [6.07, 6.45) is -0.156. The predicted octanol–water partition coefficient (Wildman–Crippen LogP) is 1.36. The number of carbonyl (C=O) groups is 1. The van der Waals surface area contributed by atoms with Crippen molar-refractivity contribution in [1.82, 2.24) is 5.32 Å². The second-order valence-electron chi connectivity index (χ2n) is 4.22. The normalized spacial score (nSPS) is 12.3. The number of rotatable bonds is 7. The second-order valence-corrected chi connectivity index (χ2v) is 4.22. The van der Waals surface area contributed by atoms with E-state index in [-0.39, 0.29) is 11.9 Å². The summed E-state index contributed by atoms with van der Waals surface area (Å²) in [4.78, 5) is 11.9. The quantitative estimate of drug-likeness (QED) is 0.758. The van der Waals surface area contributed by atoms with E-state index in [1.54, 1.807) is 21.3 Å². The average Bonchev–Trinajstić information content (AvgIpc) is 2.40. The summed E-state index contributed by atoms with van der Waals surface area (Å²) in [6, 6.07) is 7.22. The van der Waals surface area contributed by atoms with Crippen LogP contribution in [-0.2, 0) is 20.7 Å². The van der Waals surface area contributed by atoms with E-state index in [9.17, 15) is 4.79 Å². The summed E-state index contributed by atoms with van der Waals surface area (Å²) in [5.41, 5.74) is 0.899. The molecule has 0 heterocycles. The molecule has 106 valence electrons. The molecule has 0 aliphatic heterocycles. The highest BCUT2D eigenvalue weighted by molar-refractivity contribution is 5.79. The Balaban J connectivity index is 2.54. The summed E-state index contributed by atoms with van der Waals surface area (Å²) in [5.74, 6) is 0.657. The van der Waals surface area contributed by atoms with E-state index < -0.39 is 6.29 Å². The first-order valence-electron chi connectivity index (χ1n) is 6.08. The fraction of sp³-hybridized carbons (Fsp3) is 0.500. The van der Waals surface area contributed by atoms with Crippen molar-refractivity contribution in [2.75, 3.05) is 21.3 Å². The van der Waals surface area contributed by atoms with Gasteiger partial charge in [-0.3, -0.25) is 4.79 Å². The number of hydrogen-bond donors (Lipinski definition) is 1. The van der Waals surface area contributed by atoms with Gasteiger partial charge in [0.15, 0.2) is 6.29 Å². The van der Waals surface area contributed by atoms with Gasteiger partial charge in [0, 0.05) is 14.2 Å². The molecule has 1 rings (SSSR count). The Bertz CT molecular complexity index is 404. The maximum Gasteiger partial charge on any atom is 0.224 e. The molecule has 5 heteroatoms. The van der Waals surface area contributed by atoms with Crippen LogP contribution in [0.5, 0.6) is 5.75 Å². The van der Waals surface area contributed by atoms with Crippen LogP contribution in [0.15, 0.2) is 24.3 Å². The Morgan fingerprint density at radius 3 is 2.53 bits per heavy atom. The number of nitrogens with one attached hydrogen (secondary N) is 1. The smallest absolute Gasteiger partial charge is 0.224 e. The van der Waals surface area contributed by atoms with Crippen LogP contribution < -0.4 is 10.1 Å². The number of methoxy groups -OCH3 is 3. The molecular formula is C14H21NO4. The van der Waals surface area contributed by atoms with Gasteiger partial charge in [-0.15, -0.1) is 0 Å². The Hall–Kier alpha value is -1.59. The van der Waals surface area contributed by atoms with Gasteiger partial charge in [0.1, 0.15) is 5.75 Å². The Kier molecular flexibility index (Phi) is 6.32. The molecule has 1 atom stereocenters. The lowest BCUT2D eigenvalue weighted by Gasteiger charge is -2.22. The van der Waals surface area contributed by atoms with Crippen molar-refractivity contribution in [2.24, 2.45) is 0 Å². The van der Waals surface area contributed by atoms with Crippen LogP contribution in [0.4, 0.5) is 0 Å². The molecule has 1 aromatic rings. The molecule has 0 saturated heterocycles. The minimum absolute atomic E-state index is 0.0835. The van der Waals surface area contributed by atoms with Crippen LogP contribution in [0.3, 0.4) is 0 Å². The molecule has 1 aromatic carbocycles. The third-order valence-corrected chi connectivity index (χ3v) is 2.76.